The number of carboxylic acids is 1. The molecule has 1 heterocycles. The largest absolute Gasteiger partial charge is 0.481 e. The Labute approximate surface area is 126 Å². The summed E-state index contributed by atoms with van der Waals surface area (Å²) in [4.78, 5) is 24.7. The van der Waals surface area contributed by atoms with E-state index in [9.17, 15) is 9.59 Å². The quantitative estimate of drug-likeness (QED) is 0.879. The lowest BCUT2D eigenvalue weighted by molar-refractivity contribution is -0.146. The van der Waals surface area contributed by atoms with Crippen molar-refractivity contribution in [3.63, 3.8) is 0 Å². The Balaban J connectivity index is 2.09. The first-order chi connectivity index (χ1) is 9.33. The maximum absolute atomic E-state index is 12.1. The first kappa shape index (κ1) is 14.9. The van der Waals surface area contributed by atoms with Crippen molar-refractivity contribution in [1.29, 1.82) is 0 Å². The maximum atomic E-state index is 12.1. The Morgan fingerprint density at radius 2 is 1.95 bits per heavy atom. The van der Waals surface area contributed by atoms with Crippen LogP contribution in [0.2, 0.25) is 10.0 Å². The van der Waals surface area contributed by atoms with Gasteiger partial charge >= 0.3 is 12.0 Å². The first-order valence-corrected chi connectivity index (χ1v) is 6.82. The molecule has 1 saturated heterocycles. The molecule has 0 radical (unpaired) electrons. The van der Waals surface area contributed by atoms with Crippen LogP contribution in [0.1, 0.15) is 13.3 Å². The van der Waals surface area contributed by atoms with Crippen LogP contribution in [-0.4, -0.2) is 35.1 Å². The van der Waals surface area contributed by atoms with E-state index >= 15 is 0 Å². The van der Waals surface area contributed by atoms with Gasteiger partial charge in [0.05, 0.1) is 21.1 Å². The van der Waals surface area contributed by atoms with Crippen LogP contribution < -0.4 is 5.32 Å². The Hall–Kier alpha value is -1.46. The number of urea groups is 1. The number of carboxylic acid groups (broad SMARTS) is 1. The molecule has 5 nitrogen and oxygen atoms in total. The predicted octanol–water partition coefficient (Wildman–Crippen LogP) is 3.32. The van der Waals surface area contributed by atoms with Crippen LogP contribution in [0.25, 0.3) is 0 Å². The molecule has 1 fully saturated rings. The van der Waals surface area contributed by atoms with Crippen LogP contribution in [0.3, 0.4) is 0 Å². The number of rotatable bonds is 2. The number of carbonyl (C=O) groups excluding carboxylic acids is 1. The van der Waals surface area contributed by atoms with E-state index in [2.05, 4.69) is 5.32 Å². The lowest BCUT2D eigenvalue weighted by Gasteiger charge is -2.21. The zero-order valence-electron chi connectivity index (χ0n) is 10.8. The summed E-state index contributed by atoms with van der Waals surface area (Å²) in [5.74, 6) is -0.899. The van der Waals surface area contributed by atoms with Gasteiger partial charge in [0.15, 0.2) is 0 Å². The zero-order valence-corrected chi connectivity index (χ0v) is 12.3. The van der Waals surface area contributed by atoms with E-state index < -0.39 is 17.4 Å². The van der Waals surface area contributed by atoms with Gasteiger partial charge in [-0.1, -0.05) is 29.3 Å². The van der Waals surface area contributed by atoms with Gasteiger partial charge in [0, 0.05) is 13.1 Å². The highest BCUT2D eigenvalue weighted by Gasteiger charge is 2.42. The average molecular weight is 317 g/mol. The molecule has 1 aliphatic heterocycles. The first-order valence-electron chi connectivity index (χ1n) is 6.07. The standard InChI is InChI=1S/C13H14Cl2N2O3/c1-13(11(18)19)5-6-17(7-13)12(20)16-10-8(14)3-2-4-9(10)15/h2-4H,5-7H2,1H3,(H,16,20)(H,18,19). The second kappa shape index (κ2) is 5.50. The molecule has 0 saturated carbocycles. The summed E-state index contributed by atoms with van der Waals surface area (Å²) in [6.07, 6.45) is 0.423. The summed E-state index contributed by atoms with van der Waals surface area (Å²) in [5.41, 5.74) is -0.563. The van der Waals surface area contributed by atoms with Crippen molar-refractivity contribution in [3.8, 4) is 0 Å². The number of nitrogens with zero attached hydrogens (tertiary/aromatic N) is 1. The zero-order chi connectivity index (χ0) is 14.9. The maximum Gasteiger partial charge on any atom is 0.321 e. The summed E-state index contributed by atoms with van der Waals surface area (Å²) in [5, 5.41) is 12.5. The fourth-order valence-electron chi connectivity index (χ4n) is 2.11. The predicted molar refractivity (Wildman–Crippen MR) is 77.4 cm³/mol. The molecule has 1 aromatic rings. The van der Waals surface area contributed by atoms with E-state index in [1.54, 1.807) is 25.1 Å². The van der Waals surface area contributed by atoms with E-state index in [4.69, 9.17) is 28.3 Å². The van der Waals surface area contributed by atoms with E-state index in [1.165, 1.54) is 4.90 Å². The van der Waals surface area contributed by atoms with Crippen LogP contribution in [-0.2, 0) is 4.79 Å². The van der Waals surface area contributed by atoms with Crippen molar-refractivity contribution in [3.05, 3.63) is 28.2 Å². The van der Waals surface area contributed by atoms with Crippen molar-refractivity contribution in [1.82, 2.24) is 4.90 Å². The molecule has 7 heteroatoms. The molecule has 2 rings (SSSR count). The molecule has 0 aromatic heterocycles. The van der Waals surface area contributed by atoms with Gasteiger partial charge in [-0.05, 0) is 25.5 Å². The Bertz CT molecular complexity index is 544. The van der Waals surface area contributed by atoms with Crippen LogP contribution in [0.4, 0.5) is 10.5 Å². The number of hydrogen-bond acceptors (Lipinski definition) is 2. The number of hydrogen-bond donors (Lipinski definition) is 2. The number of anilines is 1. The number of benzene rings is 1. The van der Waals surface area contributed by atoms with Gasteiger partial charge in [-0.2, -0.15) is 0 Å². The van der Waals surface area contributed by atoms with Gasteiger partial charge in [-0.15, -0.1) is 0 Å². The third-order valence-electron chi connectivity index (χ3n) is 3.47. The minimum Gasteiger partial charge on any atom is -0.481 e. The molecule has 1 atom stereocenters. The van der Waals surface area contributed by atoms with E-state index in [0.29, 0.717) is 28.7 Å². The molecule has 1 aliphatic rings. The highest BCUT2D eigenvalue weighted by Crippen LogP contribution is 2.33. The number of nitrogens with one attached hydrogen (secondary N) is 1. The van der Waals surface area contributed by atoms with Crippen LogP contribution >= 0.6 is 23.2 Å². The normalized spacial score (nSPS) is 21.9. The number of likely N-dealkylation sites (tertiary alicyclic amines) is 1. The molecule has 0 aliphatic carbocycles. The van der Waals surface area contributed by atoms with Gasteiger partial charge in [-0.25, -0.2) is 4.79 Å². The van der Waals surface area contributed by atoms with E-state index in [0.717, 1.165) is 0 Å². The van der Waals surface area contributed by atoms with Crippen molar-refractivity contribution in [2.45, 2.75) is 13.3 Å². The molecule has 2 N–H and O–H groups in total. The molecule has 2 amide bonds. The molecular formula is C13H14Cl2N2O3. The number of carbonyl (C=O) groups is 2. The monoisotopic (exact) mass is 316 g/mol. The van der Waals surface area contributed by atoms with Crippen molar-refractivity contribution >= 4 is 40.9 Å². The number of para-hydroxylation sites is 1. The van der Waals surface area contributed by atoms with Crippen molar-refractivity contribution in [2.24, 2.45) is 5.41 Å². The summed E-state index contributed by atoms with van der Waals surface area (Å²) in [7, 11) is 0. The smallest absolute Gasteiger partial charge is 0.321 e. The topological polar surface area (TPSA) is 69.6 Å². The summed E-state index contributed by atoms with van der Waals surface area (Å²) >= 11 is 11.9. The number of amides is 2. The van der Waals surface area contributed by atoms with Gasteiger partial charge in [-0.3, -0.25) is 4.79 Å². The summed E-state index contributed by atoms with van der Waals surface area (Å²) in [6, 6.07) is 4.52. The third-order valence-corrected chi connectivity index (χ3v) is 4.10. The molecule has 1 unspecified atom stereocenters. The molecular weight excluding hydrogens is 303 g/mol. The highest BCUT2D eigenvalue weighted by molar-refractivity contribution is 6.39. The van der Waals surface area contributed by atoms with Crippen LogP contribution in [0.15, 0.2) is 18.2 Å². The lowest BCUT2D eigenvalue weighted by atomic mass is 9.90. The van der Waals surface area contributed by atoms with Crippen LogP contribution in [0, 0.1) is 5.41 Å². The minimum absolute atomic E-state index is 0.163. The van der Waals surface area contributed by atoms with E-state index in [-0.39, 0.29) is 6.54 Å². The van der Waals surface area contributed by atoms with Crippen molar-refractivity contribution < 1.29 is 14.7 Å². The SMILES string of the molecule is CC1(C(=O)O)CCN(C(=O)Nc2c(Cl)cccc2Cl)C1. The second-order valence-corrected chi connectivity index (χ2v) is 5.88. The van der Waals surface area contributed by atoms with Gasteiger partial charge in [0.1, 0.15) is 0 Å². The lowest BCUT2D eigenvalue weighted by Crippen LogP contribution is -2.37. The second-order valence-electron chi connectivity index (χ2n) is 5.06. The molecule has 108 valence electrons. The summed E-state index contributed by atoms with van der Waals surface area (Å²) in [6.45, 7) is 2.18. The summed E-state index contributed by atoms with van der Waals surface area (Å²) < 4.78 is 0. The molecule has 0 bridgehead atoms. The van der Waals surface area contributed by atoms with E-state index in [1.807, 2.05) is 0 Å². The number of aliphatic carboxylic acids is 1. The minimum atomic E-state index is -0.901. The average Bonchev–Trinajstić information content (AvgIpc) is 2.78. The fraction of sp³-hybridized carbons (Fsp3) is 0.385. The number of halogens is 2. The van der Waals surface area contributed by atoms with Gasteiger partial charge in [0.25, 0.3) is 0 Å². The van der Waals surface area contributed by atoms with Gasteiger partial charge in [0.2, 0.25) is 0 Å². The van der Waals surface area contributed by atoms with Gasteiger partial charge < -0.3 is 15.3 Å². The molecule has 20 heavy (non-hydrogen) atoms. The van der Waals surface area contributed by atoms with Crippen LogP contribution in [0.5, 0.6) is 0 Å². The fourth-order valence-corrected chi connectivity index (χ4v) is 2.60. The Morgan fingerprint density at radius 3 is 2.45 bits per heavy atom. The molecule has 0 spiro atoms. The third kappa shape index (κ3) is 2.83. The Kier molecular flexibility index (Phi) is 4.11. The highest BCUT2D eigenvalue weighted by atomic mass is 35.5. The molecule has 1 aromatic carbocycles. The van der Waals surface area contributed by atoms with Crippen molar-refractivity contribution in [2.75, 3.05) is 18.4 Å². The Morgan fingerprint density at radius 1 is 1.35 bits per heavy atom.